The normalized spacial score (nSPS) is 26.5. The summed E-state index contributed by atoms with van der Waals surface area (Å²) < 4.78 is 0. The summed E-state index contributed by atoms with van der Waals surface area (Å²) >= 11 is 0. The number of rotatable bonds is 2. The third-order valence-electron chi connectivity index (χ3n) is 3.40. The largest absolute Gasteiger partial charge is 0.385 e. The summed E-state index contributed by atoms with van der Waals surface area (Å²) in [7, 11) is 0. The Morgan fingerprint density at radius 3 is 2.53 bits per heavy atom. The van der Waals surface area contributed by atoms with Crippen LogP contribution in [0.25, 0.3) is 0 Å². The predicted molar refractivity (Wildman–Crippen MR) is 61.5 cm³/mol. The Hall–Kier alpha value is -0.790. The van der Waals surface area contributed by atoms with Crippen LogP contribution in [0.5, 0.6) is 0 Å². The van der Waals surface area contributed by atoms with E-state index in [1.807, 2.05) is 6.08 Å². The van der Waals surface area contributed by atoms with Gasteiger partial charge in [0.25, 0.3) is 0 Å². The number of allylic oxidation sites excluding steroid dienone is 2. The molecule has 0 aromatic carbocycles. The molecule has 1 fully saturated rings. The predicted octanol–water partition coefficient (Wildman–Crippen LogP) is 2.79. The summed E-state index contributed by atoms with van der Waals surface area (Å²) in [6.45, 7) is 4.35. The molecule has 0 atom stereocenters. The van der Waals surface area contributed by atoms with Crippen LogP contribution in [0.2, 0.25) is 0 Å². The second-order valence-corrected chi connectivity index (χ2v) is 5.78. The van der Waals surface area contributed by atoms with E-state index in [4.69, 9.17) is 0 Å². The lowest BCUT2D eigenvalue weighted by Crippen LogP contribution is -2.32. The smallest absolute Gasteiger partial charge is 0.157 e. The van der Waals surface area contributed by atoms with Crippen LogP contribution in [0.1, 0.15) is 52.4 Å². The van der Waals surface area contributed by atoms with Crippen LogP contribution in [0.15, 0.2) is 11.8 Å². The fourth-order valence-corrected chi connectivity index (χ4v) is 2.77. The van der Waals surface area contributed by atoms with E-state index < -0.39 is 0 Å². The van der Waals surface area contributed by atoms with Crippen molar-refractivity contribution in [3.63, 3.8) is 0 Å². The second kappa shape index (κ2) is 3.99. The molecule has 2 nitrogen and oxygen atoms in total. The molecule has 0 amide bonds. The SMILES string of the molecule is CC1(C)CC(=O)C=C(NC2CCCC2)C1. The fourth-order valence-electron chi connectivity index (χ4n) is 2.77. The summed E-state index contributed by atoms with van der Waals surface area (Å²) in [4.78, 5) is 11.5. The molecule has 84 valence electrons. The molecule has 0 heterocycles. The summed E-state index contributed by atoms with van der Waals surface area (Å²) in [5.41, 5.74) is 1.32. The van der Waals surface area contributed by atoms with Crippen LogP contribution < -0.4 is 5.32 Å². The maximum absolute atomic E-state index is 11.5. The first-order valence-electron chi connectivity index (χ1n) is 6.05. The Morgan fingerprint density at radius 1 is 1.27 bits per heavy atom. The first-order chi connectivity index (χ1) is 7.05. The number of hydrogen-bond donors (Lipinski definition) is 1. The van der Waals surface area contributed by atoms with E-state index in [0.717, 1.165) is 6.42 Å². The molecule has 0 aromatic rings. The highest BCUT2D eigenvalue weighted by Crippen LogP contribution is 2.33. The Morgan fingerprint density at radius 2 is 1.93 bits per heavy atom. The van der Waals surface area contributed by atoms with E-state index in [-0.39, 0.29) is 11.2 Å². The molecule has 0 spiro atoms. The number of carbonyl (C=O) groups excluding carboxylic acids is 1. The highest BCUT2D eigenvalue weighted by atomic mass is 16.1. The van der Waals surface area contributed by atoms with Gasteiger partial charge < -0.3 is 5.32 Å². The van der Waals surface area contributed by atoms with Gasteiger partial charge >= 0.3 is 0 Å². The van der Waals surface area contributed by atoms with Gasteiger partial charge in [0.15, 0.2) is 5.78 Å². The van der Waals surface area contributed by atoms with E-state index in [9.17, 15) is 4.79 Å². The highest BCUT2D eigenvalue weighted by Gasteiger charge is 2.28. The summed E-state index contributed by atoms with van der Waals surface area (Å²) in [6.07, 6.45) is 8.75. The van der Waals surface area contributed by atoms with Crippen molar-refractivity contribution in [3.05, 3.63) is 11.8 Å². The molecule has 2 rings (SSSR count). The maximum atomic E-state index is 11.5. The van der Waals surface area contributed by atoms with E-state index in [1.165, 1.54) is 31.4 Å². The summed E-state index contributed by atoms with van der Waals surface area (Å²) in [6, 6.07) is 0.623. The third-order valence-corrected chi connectivity index (χ3v) is 3.40. The number of nitrogens with one attached hydrogen (secondary N) is 1. The van der Waals surface area contributed by atoms with Crippen LogP contribution in [0.3, 0.4) is 0 Å². The molecule has 1 saturated carbocycles. The molecule has 1 N–H and O–H groups in total. The monoisotopic (exact) mass is 207 g/mol. The van der Waals surface area contributed by atoms with Crippen LogP contribution in [0, 0.1) is 5.41 Å². The van der Waals surface area contributed by atoms with Crippen molar-refractivity contribution in [1.82, 2.24) is 5.32 Å². The molecule has 0 radical (unpaired) electrons. The first-order valence-corrected chi connectivity index (χ1v) is 6.05. The molecule has 15 heavy (non-hydrogen) atoms. The van der Waals surface area contributed by atoms with Crippen LogP contribution in [-0.2, 0) is 4.79 Å². The van der Waals surface area contributed by atoms with Crippen molar-refractivity contribution in [2.45, 2.75) is 58.4 Å². The maximum Gasteiger partial charge on any atom is 0.157 e. The average molecular weight is 207 g/mol. The molecular formula is C13H21NO. The zero-order valence-corrected chi connectivity index (χ0v) is 9.81. The first kappa shape index (κ1) is 10.7. The van der Waals surface area contributed by atoms with Crippen LogP contribution in [0.4, 0.5) is 0 Å². The Bertz CT molecular complexity index is 285. The molecule has 2 heteroatoms. The van der Waals surface area contributed by atoms with Gasteiger partial charge in [0.2, 0.25) is 0 Å². The second-order valence-electron chi connectivity index (χ2n) is 5.78. The summed E-state index contributed by atoms with van der Waals surface area (Å²) in [5, 5.41) is 3.54. The van der Waals surface area contributed by atoms with Crippen molar-refractivity contribution < 1.29 is 4.79 Å². The Labute approximate surface area is 92.1 Å². The topological polar surface area (TPSA) is 29.1 Å². The van der Waals surface area contributed by atoms with Crippen molar-refractivity contribution in [2.75, 3.05) is 0 Å². The Balaban J connectivity index is 1.98. The van der Waals surface area contributed by atoms with Gasteiger partial charge in [-0.1, -0.05) is 26.7 Å². The minimum absolute atomic E-state index is 0.146. The van der Waals surface area contributed by atoms with Crippen molar-refractivity contribution in [2.24, 2.45) is 5.41 Å². The van der Waals surface area contributed by atoms with Gasteiger partial charge in [-0.2, -0.15) is 0 Å². The number of ketones is 1. The van der Waals surface area contributed by atoms with Crippen molar-refractivity contribution >= 4 is 5.78 Å². The number of hydrogen-bond acceptors (Lipinski definition) is 2. The lowest BCUT2D eigenvalue weighted by atomic mass is 9.79. The molecule has 2 aliphatic carbocycles. The van der Waals surface area contributed by atoms with Gasteiger partial charge in [-0.3, -0.25) is 4.79 Å². The van der Waals surface area contributed by atoms with E-state index in [1.54, 1.807) is 0 Å². The molecule has 0 aromatic heterocycles. The molecular weight excluding hydrogens is 186 g/mol. The summed E-state index contributed by atoms with van der Waals surface area (Å²) in [5.74, 6) is 0.284. The van der Waals surface area contributed by atoms with Crippen LogP contribution >= 0.6 is 0 Å². The van der Waals surface area contributed by atoms with Gasteiger partial charge in [-0.25, -0.2) is 0 Å². The molecule has 0 saturated heterocycles. The number of carbonyl (C=O) groups is 1. The highest BCUT2D eigenvalue weighted by molar-refractivity contribution is 5.91. The zero-order valence-electron chi connectivity index (χ0n) is 9.81. The van der Waals surface area contributed by atoms with Gasteiger partial charge in [-0.05, 0) is 24.7 Å². The van der Waals surface area contributed by atoms with Crippen molar-refractivity contribution in [3.8, 4) is 0 Å². The lowest BCUT2D eigenvalue weighted by Gasteiger charge is -2.30. The molecule has 2 aliphatic rings. The molecule has 0 bridgehead atoms. The molecule has 0 unspecified atom stereocenters. The van der Waals surface area contributed by atoms with E-state index >= 15 is 0 Å². The standard InChI is InChI=1S/C13H21NO/c1-13(2)8-11(7-12(15)9-13)14-10-5-3-4-6-10/h7,10,14H,3-6,8-9H2,1-2H3. The molecule has 0 aliphatic heterocycles. The average Bonchev–Trinajstić information content (AvgIpc) is 2.52. The Kier molecular flexibility index (Phi) is 2.85. The van der Waals surface area contributed by atoms with E-state index in [2.05, 4.69) is 19.2 Å². The fraction of sp³-hybridized carbons (Fsp3) is 0.769. The van der Waals surface area contributed by atoms with Gasteiger partial charge in [0.1, 0.15) is 0 Å². The van der Waals surface area contributed by atoms with Gasteiger partial charge in [-0.15, -0.1) is 0 Å². The third kappa shape index (κ3) is 2.83. The van der Waals surface area contributed by atoms with Crippen LogP contribution in [-0.4, -0.2) is 11.8 Å². The minimum atomic E-state index is 0.146. The van der Waals surface area contributed by atoms with Crippen molar-refractivity contribution in [1.29, 1.82) is 0 Å². The van der Waals surface area contributed by atoms with Gasteiger partial charge in [0, 0.05) is 24.2 Å². The zero-order chi connectivity index (χ0) is 10.9. The lowest BCUT2D eigenvalue weighted by molar-refractivity contribution is -0.117. The van der Waals surface area contributed by atoms with Gasteiger partial charge in [0.05, 0.1) is 0 Å². The minimum Gasteiger partial charge on any atom is -0.385 e. The quantitative estimate of drug-likeness (QED) is 0.754. The van der Waals surface area contributed by atoms with E-state index in [0.29, 0.717) is 12.5 Å².